The number of alkyl halides is 3. The molecule has 5 heteroatoms. The highest BCUT2D eigenvalue weighted by Gasteiger charge is 2.37. The average molecular weight is 216 g/mol. The molecule has 1 aromatic carbocycles. The molecule has 1 saturated heterocycles. The van der Waals surface area contributed by atoms with Gasteiger partial charge in [-0.3, -0.25) is 0 Å². The van der Waals surface area contributed by atoms with Crippen LogP contribution in [0.25, 0.3) is 0 Å². The second kappa shape index (κ2) is 3.21. The quantitative estimate of drug-likeness (QED) is 0.745. The first kappa shape index (κ1) is 10.4. The van der Waals surface area contributed by atoms with Crippen molar-refractivity contribution in [2.45, 2.75) is 11.7 Å². The van der Waals surface area contributed by atoms with Gasteiger partial charge in [0, 0.05) is 13.1 Å². The zero-order valence-corrected chi connectivity index (χ0v) is 7.93. The first-order chi connectivity index (χ1) is 6.92. The van der Waals surface area contributed by atoms with Gasteiger partial charge in [-0.2, -0.15) is 13.2 Å². The van der Waals surface area contributed by atoms with E-state index in [4.69, 9.17) is 5.73 Å². The molecule has 2 rings (SSSR count). The molecular weight excluding hydrogens is 205 g/mol. The van der Waals surface area contributed by atoms with Crippen LogP contribution in [0.3, 0.4) is 0 Å². The van der Waals surface area contributed by atoms with E-state index in [9.17, 15) is 13.2 Å². The Balaban J connectivity index is 2.35. The van der Waals surface area contributed by atoms with Crippen LogP contribution in [0.1, 0.15) is 11.1 Å². The molecule has 82 valence electrons. The van der Waals surface area contributed by atoms with Crippen LogP contribution in [0, 0.1) is 0 Å². The zero-order chi connectivity index (χ0) is 11.1. The van der Waals surface area contributed by atoms with Gasteiger partial charge in [-0.05, 0) is 17.7 Å². The van der Waals surface area contributed by atoms with Crippen LogP contribution < -0.4 is 11.1 Å². The third kappa shape index (κ3) is 1.85. The molecule has 2 nitrogen and oxygen atoms in total. The molecule has 0 saturated carbocycles. The summed E-state index contributed by atoms with van der Waals surface area (Å²) < 4.78 is 37.3. The Hall–Kier alpha value is -1.07. The second-order valence-electron chi connectivity index (χ2n) is 3.84. The van der Waals surface area contributed by atoms with Crippen LogP contribution in [0.15, 0.2) is 24.3 Å². The molecule has 0 spiro atoms. The lowest BCUT2D eigenvalue weighted by Gasteiger charge is -2.39. The SMILES string of the molecule is NC1(c2cccc(C(F)(F)F)c2)CNC1. The minimum atomic E-state index is -4.30. The van der Waals surface area contributed by atoms with Gasteiger partial charge in [-0.1, -0.05) is 12.1 Å². The predicted molar refractivity (Wildman–Crippen MR) is 50.2 cm³/mol. The Bertz CT molecular complexity index is 369. The normalized spacial score (nSPS) is 19.7. The molecule has 1 aliphatic rings. The first-order valence-electron chi connectivity index (χ1n) is 4.59. The van der Waals surface area contributed by atoms with Gasteiger partial charge in [0.05, 0.1) is 11.1 Å². The lowest BCUT2D eigenvalue weighted by molar-refractivity contribution is -0.137. The van der Waals surface area contributed by atoms with E-state index < -0.39 is 17.3 Å². The Kier molecular flexibility index (Phi) is 2.24. The van der Waals surface area contributed by atoms with Gasteiger partial charge in [0.15, 0.2) is 0 Å². The molecule has 1 fully saturated rings. The number of benzene rings is 1. The Morgan fingerprint density at radius 3 is 2.40 bits per heavy atom. The molecule has 0 aliphatic carbocycles. The summed E-state index contributed by atoms with van der Waals surface area (Å²) >= 11 is 0. The van der Waals surface area contributed by atoms with Gasteiger partial charge in [-0.15, -0.1) is 0 Å². The maximum absolute atomic E-state index is 12.4. The van der Waals surface area contributed by atoms with E-state index >= 15 is 0 Å². The van der Waals surface area contributed by atoms with E-state index in [1.807, 2.05) is 0 Å². The van der Waals surface area contributed by atoms with Gasteiger partial charge in [0.25, 0.3) is 0 Å². The monoisotopic (exact) mass is 216 g/mol. The molecule has 0 atom stereocenters. The molecule has 0 radical (unpaired) electrons. The zero-order valence-electron chi connectivity index (χ0n) is 7.93. The van der Waals surface area contributed by atoms with Gasteiger partial charge in [-0.25, -0.2) is 0 Å². The molecule has 0 unspecified atom stereocenters. The highest BCUT2D eigenvalue weighted by molar-refractivity contribution is 5.33. The molecular formula is C10H11F3N2. The first-order valence-corrected chi connectivity index (χ1v) is 4.59. The van der Waals surface area contributed by atoms with Gasteiger partial charge in [0.1, 0.15) is 0 Å². The molecule has 1 heterocycles. The highest BCUT2D eigenvalue weighted by Crippen LogP contribution is 2.32. The fraction of sp³-hybridized carbons (Fsp3) is 0.400. The van der Waals surface area contributed by atoms with E-state index in [0.29, 0.717) is 18.7 Å². The van der Waals surface area contributed by atoms with Crippen LogP contribution in [-0.2, 0) is 11.7 Å². The predicted octanol–water partition coefficient (Wildman–Crippen LogP) is 1.46. The van der Waals surface area contributed by atoms with Crippen molar-refractivity contribution in [2.24, 2.45) is 5.73 Å². The van der Waals surface area contributed by atoms with Crippen molar-refractivity contribution in [1.29, 1.82) is 0 Å². The van der Waals surface area contributed by atoms with Gasteiger partial charge < -0.3 is 11.1 Å². The maximum Gasteiger partial charge on any atom is 0.416 e. The molecule has 0 bridgehead atoms. The van der Waals surface area contributed by atoms with Crippen molar-refractivity contribution in [3.05, 3.63) is 35.4 Å². The fourth-order valence-corrected chi connectivity index (χ4v) is 1.60. The molecule has 3 N–H and O–H groups in total. The van der Waals surface area contributed by atoms with Crippen LogP contribution in [-0.4, -0.2) is 13.1 Å². The molecule has 15 heavy (non-hydrogen) atoms. The minimum Gasteiger partial charge on any atom is -0.319 e. The van der Waals surface area contributed by atoms with Crippen molar-refractivity contribution in [3.8, 4) is 0 Å². The summed E-state index contributed by atoms with van der Waals surface area (Å²) in [4.78, 5) is 0. The van der Waals surface area contributed by atoms with Crippen molar-refractivity contribution in [1.82, 2.24) is 5.32 Å². The van der Waals surface area contributed by atoms with Crippen molar-refractivity contribution < 1.29 is 13.2 Å². The molecule has 1 aromatic rings. The third-order valence-electron chi connectivity index (χ3n) is 2.65. The van der Waals surface area contributed by atoms with E-state index in [0.717, 1.165) is 12.1 Å². The van der Waals surface area contributed by atoms with Crippen molar-refractivity contribution >= 4 is 0 Å². The molecule has 0 amide bonds. The van der Waals surface area contributed by atoms with Crippen LogP contribution in [0.5, 0.6) is 0 Å². The van der Waals surface area contributed by atoms with Crippen LogP contribution in [0.4, 0.5) is 13.2 Å². The lowest BCUT2D eigenvalue weighted by atomic mass is 9.84. The van der Waals surface area contributed by atoms with Crippen LogP contribution in [0.2, 0.25) is 0 Å². The van der Waals surface area contributed by atoms with Crippen molar-refractivity contribution in [2.75, 3.05) is 13.1 Å². The fourth-order valence-electron chi connectivity index (χ4n) is 1.60. The Morgan fingerprint density at radius 1 is 1.27 bits per heavy atom. The number of halogens is 3. The van der Waals surface area contributed by atoms with E-state index in [1.165, 1.54) is 6.07 Å². The smallest absolute Gasteiger partial charge is 0.319 e. The summed E-state index contributed by atoms with van der Waals surface area (Å²) in [5.41, 5.74) is 5.16. The largest absolute Gasteiger partial charge is 0.416 e. The lowest BCUT2D eigenvalue weighted by Crippen LogP contribution is -2.62. The Labute approximate surface area is 85.3 Å². The maximum atomic E-state index is 12.4. The molecule has 0 aromatic heterocycles. The standard InChI is InChI=1S/C10H11F3N2/c11-10(12,13)8-3-1-2-7(4-8)9(14)5-15-6-9/h1-4,15H,5-6,14H2. The average Bonchev–Trinajstić information content (AvgIpc) is 2.13. The minimum absolute atomic E-state index is 0.522. The second-order valence-corrected chi connectivity index (χ2v) is 3.84. The van der Waals surface area contributed by atoms with E-state index in [1.54, 1.807) is 6.07 Å². The summed E-state index contributed by atoms with van der Waals surface area (Å²) in [6.07, 6.45) is -4.30. The number of nitrogens with two attached hydrogens (primary N) is 1. The topological polar surface area (TPSA) is 38.0 Å². The van der Waals surface area contributed by atoms with Gasteiger partial charge >= 0.3 is 6.18 Å². The summed E-state index contributed by atoms with van der Waals surface area (Å²) in [6, 6.07) is 5.21. The third-order valence-corrected chi connectivity index (χ3v) is 2.65. The number of hydrogen-bond donors (Lipinski definition) is 2. The van der Waals surface area contributed by atoms with Gasteiger partial charge in [0.2, 0.25) is 0 Å². The van der Waals surface area contributed by atoms with Crippen LogP contribution >= 0.6 is 0 Å². The summed E-state index contributed by atoms with van der Waals surface area (Å²) in [5.74, 6) is 0. The summed E-state index contributed by atoms with van der Waals surface area (Å²) in [7, 11) is 0. The van der Waals surface area contributed by atoms with E-state index in [2.05, 4.69) is 5.32 Å². The summed E-state index contributed by atoms with van der Waals surface area (Å²) in [6.45, 7) is 1.04. The van der Waals surface area contributed by atoms with Crippen molar-refractivity contribution in [3.63, 3.8) is 0 Å². The number of rotatable bonds is 1. The number of hydrogen-bond acceptors (Lipinski definition) is 2. The summed E-state index contributed by atoms with van der Waals surface area (Å²) in [5, 5.41) is 2.95. The highest BCUT2D eigenvalue weighted by atomic mass is 19.4. The van der Waals surface area contributed by atoms with E-state index in [-0.39, 0.29) is 0 Å². The molecule has 1 aliphatic heterocycles. The Morgan fingerprint density at radius 2 is 1.93 bits per heavy atom. The number of nitrogens with one attached hydrogen (secondary N) is 1.